The summed E-state index contributed by atoms with van der Waals surface area (Å²) >= 11 is 0. The number of rotatable bonds is 6. The quantitative estimate of drug-likeness (QED) is 0.830. The van der Waals surface area contributed by atoms with E-state index in [2.05, 4.69) is 16.7 Å². The van der Waals surface area contributed by atoms with E-state index < -0.39 is 10.0 Å². The molecule has 2 rings (SSSR count). The van der Waals surface area contributed by atoms with Crippen LogP contribution in [0.2, 0.25) is 0 Å². The monoisotopic (exact) mass is 315 g/mol. The van der Waals surface area contributed by atoms with Gasteiger partial charge in [-0.15, -0.1) is 0 Å². The lowest BCUT2D eigenvalue weighted by Gasteiger charge is -2.23. The first kappa shape index (κ1) is 16.5. The first-order valence-electron chi connectivity index (χ1n) is 7.44. The zero-order chi connectivity index (χ0) is 15.7. The largest absolute Gasteiger partial charge is 0.394 e. The molecule has 120 valence electrons. The van der Waals surface area contributed by atoms with Crippen LogP contribution in [0, 0.1) is 19.3 Å². The van der Waals surface area contributed by atoms with E-state index >= 15 is 0 Å². The average molecular weight is 315 g/mol. The van der Waals surface area contributed by atoms with Crippen molar-refractivity contribution in [3.63, 3.8) is 0 Å². The van der Waals surface area contributed by atoms with Crippen LogP contribution in [0.1, 0.15) is 44.0 Å². The van der Waals surface area contributed by atoms with Crippen molar-refractivity contribution < 1.29 is 13.5 Å². The number of aliphatic hydroxyl groups is 1. The van der Waals surface area contributed by atoms with E-state index in [0.29, 0.717) is 24.5 Å². The van der Waals surface area contributed by atoms with Crippen LogP contribution < -0.4 is 4.72 Å². The topological polar surface area (TPSA) is 84.2 Å². The Hall–Kier alpha value is -0.920. The summed E-state index contributed by atoms with van der Waals surface area (Å²) < 4.78 is 29.4. The van der Waals surface area contributed by atoms with Crippen molar-refractivity contribution >= 4 is 10.0 Å². The molecule has 0 spiro atoms. The van der Waals surface area contributed by atoms with Crippen LogP contribution in [0.5, 0.6) is 0 Å². The maximum absolute atomic E-state index is 12.6. The van der Waals surface area contributed by atoms with Gasteiger partial charge in [-0.3, -0.25) is 4.68 Å². The smallest absolute Gasteiger partial charge is 0.244 e. The van der Waals surface area contributed by atoms with Crippen LogP contribution >= 0.6 is 0 Å². The van der Waals surface area contributed by atoms with Gasteiger partial charge in [0.2, 0.25) is 10.0 Å². The number of nitrogens with one attached hydrogen (secondary N) is 1. The number of aromatic nitrogens is 2. The molecule has 1 fully saturated rings. The van der Waals surface area contributed by atoms with Crippen LogP contribution in [-0.4, -0.2) is 36.5 Å². The van der Waals surface area contributed by atoms with Gasteiger partial charge in [0.1, 0.15) is 4.90 Å². The molecule has 0 unspecified atom stereocenters. The minimum absolute atomic E-state index is 0.0626. The summed E-state index contributed by atoms with van der Waals surface area (Å²) in [4.78, 5) is 0.248. The number of aliphatic hydroxyl groups excluding tert-OH is 1. The number of hydrogen-bond donors (Lipinski definition) is 2. The highest BCUT2D eigenvalue weighted by Crippen LogP contribution is 2.37. The lowest BCUT2D eigenvalue weighted by Crippen LogP contribution is -2.34. The lowest BCUT2D eigenvalue weighted by atomic mass is 9.89. The molecular formula is C14H25N3O3S. The second-order valence-corrected chi connectivity index (χ2v) is 7.99. The summed E-state index contributed by atoms with van der Waals surface area (Å²) in [6.45, 7) is 6.26. The maximum atomic E-state index is 12.6. The average Bonchev–Trinajstić information content (AvgIpc) is 2.94. The van der Waals surface area contributed by atoms with Crippen molar-refractivity contribution in [2.24, 2.45) is 5.41 Å². The maximum Gasteiger partial charge on any atom is 0.244 e. The van der Waals surface area contributed by atoms with Gasteiger partial charge in [-0.2, -0.15) is 5.10 Å². The van der Waals surface area contributed by atoms with Gasteiger partial charge >= 0.3 is 0 Å². The summed E-state index contributed by atoms with van der Waals surface area (Å²) in [5.74, 6) is 0. The Morgan fingerprint density at radius 3 is 2.52 bits per heavy atom. The molecule has 0 atom stereocenters. The first-order chi connectivity index (χ1) is 9.79. The molecule has 1 aromatic rings. The van der Waals surface area contributed by atoms with E-state index in [1.165, 1.54) is 12.8 Å². The Bertz CT molecular complexity index is 601. The van der Waals surface area contributed by atoms with Gasteiger partial charge in [0.05, 0.1) is 24.5 Å². The highest BCUT2D eigenvalue weighted by molar-refractivity contribution is 7.89. The Balaban J connectivity index is 2.19. The molecule has 1 saturated carbocycles. The van der Waals surface area contributed by atoms with Gasteiger partial charge in [0.25, 0.3) is 0 Å². The van der Waals surface area contributed by atoms with Gasteiger partial charge in [0, 0.05) is 6.54 Å². The fourth-order valence-corrected chi connectivity index (χ4v) is 4.74. The molecule has 0 amide bonds. The van der Waals surface area contributed by atoms with E-state index in [-0.39, 0.29) is 16.9 Å². The third-order valence-corrected chi connectivity index (χ3v) is 6.05. The van der Waals surface area contributed by atoms with Gasteiger partial charge in [-0.1, -0.05) is 19.8 Å². The van der Waals surface area contributed by atoms with E-state index in [4.69, 9.17) is 5.11 Å². The highest BCUT2D eigenvalue weighted by atomic mass is 32.2. The van der Waals surface area contributed by atoms with Crippen molar-refractivity contribution in [3.05, 3.63) is 11.4 Å². The molecule has 21 heavy (non-hydrogen) atoms. The van der Waals surface area contributed by atoms with Crippen LogP contribution in [0.4, 0.5) is 0 Å². The Labute approximate surface area is 126 Å². The first-order valence-corrected chi connectivity index (χ1v) is 8.92. The van der Waals surface area contributed by atoms with Crippen LogP contribution in [0.15, 0.2) is 4.90 Å². The normalized spacial score (nSPS) is 18.3. The second kappa shape index (κ2) is 6.06. The highest BCUT2D eigenvalue weighted by Gasteiger charge is 2.32. The number of sulfonamides is 1. The predicted molar refractivity (Wildman–Crippen MR) is 80.6 cm³/mol. The number of nitrogens with zero attached hydrogens (tertiary/aromatic N) is 2. The summed E-state index contributed by atoms with van der Waals surface area (Å²) in [5.41, 5.74) is 1.12. The fourth-order valence-electron chi connectivity index (χ4n) is 3.13. The Kier molecular flexibility index (Phi) is 4.75. The van der Waals surface area contributed by atoms with Gasteiger partial charge in [-0.05, 0) is 32.1 Å². The van der Waals surface area contributed by atoms with Gasteiger partial charge < -0.3 is 5.11 Å². The molecule has 0 saturated heterocycles. The van der Waals surface area contributed by atoms with Crippen LogP contribution in [0.3, 0.4) is 0 Å². The van der Waals surface area contributed by atoms with Crippen molar-refractivity contribution in [3.8, 4) is 0 Å². The molecule has 1 aliphatic carbocycles. The van der Waals surface area contributed by atoms with E-state index in [1.54, 1.807) is 18.5 Å². The zero-order valence-corrected chi connectivity index (χ0v) is 13.8. The molecular weight excluding hydrogens is 290 g/mol. The number of aryl methyl sites for hydroxylation is 1. The molecule has 2 N–H and O–H groups in total. The van der Waals surface area contributed by atoms with Crippen molar-refractivity contribution in [1.29, 1.82) is 0 Å². The standard InChI is InChI=1S/C14H25N3O3S/c1-11-13(12(2)17(16-11)8-9-18)21(19,20)15-10-14(3)6-4-5-7-14/h15,18H,4-10H2,1-3H3. The molecule has 1 aromatic heterocycles. The second-order valence-electron chi connectivity index (χ2n) is 6.29. The minimum Gasteiger partial charge on any atom is -0.394 e. The SMILES string of the molecule is Cc1nn(CCO)c(C)c1S(=O)(=O)NCC1(C)CCCC1. The van der Waals surface area contributed by atoms with Crippen molar-refractivity contribution in [2.45, 2.75) is 57.9 Å². The van der Waals surface area contributed by atoms with Crippen LogP contribution in [0.25, 0.3) is 0 Å². The molecule has 1 aliphatic rings. The van der Waals surface area contributed by atoms with Gasteiger partial charge in [0.15, 0.2) is 0 Å². The third kappa shape index (κ3) is 3.46. The minimum atomic E-state index is -3.56. The summed E-state index contributed by atoms with van der Waals surface area (Å²) in [5, 5.41) is 13.2. The Morgan fingerprint density at radius 2 is 1.95 bits per heavy atom. The third-order valence-electron chi connectivity index (χ3n) is 4.40. The molecule has 6 nitrogen and oxygen atoms in total. The Morgan fingerprint density at radius 1 is 1.33 bits per heavy atom. The zero-order valence-electron chi connectivity index (χ0n) is 13.0. The van der Waals surface area contributed by atoms with E-state index in [1.807, 2.05) is 0 Å². The molecule has 1 heterocycles. The van der Waals surface area contributed by atoms with E-state index in [0.717, 1.165) is 12.8 Å². The molecule has 0 aromatic carbocycles. The summed E-state index contributed by atoms with van der Waals surface area (Å²) in [7, 11) is -3.56. The predicted octanol–water partition coefficient (Wildman–Crippen LogP) is 1.35. The van der Waals surface area contributed by atoms with Crippen molar-refractivity contribution in [1.82, 2.24) is 14.5 Å². The molecule has 0 bridgehead atoms. The molecule has 0 radical (unpaired) electrons. The lowest BCUT2D eigenvalue weighted by molar-refractivity contribution is 0.267. The summed E-state index contributed by atoms with van der Waals surface area (Å²) in [6, 6.07) is 0. The molecule has 0 aliphatic heterocycles. The summed E-state index contributed by atoms with van der Waals surface area (Å²) in [6.07, 6.45) is 4.48. The van der Waals surface area contributed by atoms with Crippen molar-refractivity contribution in [2.75, 3.05) is 13.2 Å². The fraction of sp³-hybridized carbons (Fsp3) is 0.786. The number of hydrogen-bond acceptors (Lipinski definition) is 4. The van der Waals surface area contributed by atoms with Gasteiger partial charge in [-0.25, -0.2) is 13.1 Å². The molecule has 7 heteroatoms. The van der Waals surface area contributed by atoms with E-state index in [9.17, 15) is 8.42 Å². The van der Waals surface area contributed by atoms with Crippen LogP contribution in [-0.2, 0) is 16.6 Å².